The van der Waals surface area contributed by atoms with Crippen molar-refractivity contribution < 1.29 is 13.2 Å². The molecule has 0 amide bonds. The molecular weight excluding hydrogens is 203 g/mol. The fraction of sp³-hybridized carbons (Fsp3) is 0.273. The second-order valence-corrected chi connectivity index (χ2v) is 3.16. The zero-order valence-electron chi connectivity index (χ0n) is 8.14. The molecule has 1 nitrogen and oxygen atoms in total. The summed E-state index contributed by atoms with van der Waals surface area (Å²) in [5.74, 6) is -0.970. The van der Waals surface area contributed by atoms with Crippen LogP contribution >= 0.6 is 0 Å². The summed E-state index contributed by atoms with van der Waals surface area (Å²) in [5.41, 5.74) is 5.83. The van der Waals surface area contributed by atoms with Gasteiger partial charge in [0.05, 0.1) is 0 Å². The summed E-state index contributed by atoms with van der Waals surface area (Å²) in [6.45, 7) is -0.904. The molecule has 0 saturated carbocycles. The number of allylic oxidation sites excluding steroid dienone is 1. The minimum atomic E-state index is -0.728. The highest BCUT2D eigenvalue weighted by Gasteiger charge is 2.00. The van der Waals surface area contributed by atoms with Gasteiger partial charge in [-0.3, -0.25) is 0 Å². The van der Waals surface area contributed by atoms with Crippen LogP contribution in [0.15, 0.2) is 30.1 Å². The normalized spacial score (nSPS) is 11.9. The molecule has 1 aromatic carbocycles. The first-order valence-electron chi connectivity index (χ1n) is 4.54. The summed E-state index contributed by atoms with van der Waals surface area (Å²) in [6, 6.07) is 3.87. The molecule has 0 aliphatic carbocycles. The number of halogens is 3. The Labute approximate surface area is 86.4 Å². The zero-order chi connectivity index (χ0) is 11.3. The van der Waals surface area contributed by atoms with Crippen LogP contribution in [0.5, 0.6) is 0 Å². The summed E-state index contributed by atoms with van der Waals surface area (Å²) >= 11 is 0. The van der Waals surface area contributed by atoms with E-state index in [1.807, 2.05) is 0 Å². The van der Waals surface area contributed by atoms with Gasteiger partial charge in [-0.2, -0.15) is 0 Å². The highest BCUT2D eigenvalue weighted by molar-refractivity contribution is 5.26. The van der Waals surface area contributed by atoms with Gasteiger partial charge in [-0.1, -0.05) is 6.07 Å². The van der Waals surface area contributed by atoms with Crippen LogP contribution in [0.4, 0.5) is 13.2 Å². The molecule has 82 valence electrons. The summed E-state index contributed by atoms with van der Waals surface area (Å²) in [7, 11) is 0. The van der Waals surface area contributed by atoms with E-state index in [1.165, 1.54) is 18.2 Å². The van der Waals surface area contributed by atoms with Crippen LogP contribution in [0.3, 0.4) is 0 Å². The van der Waals surface area contributed by atoms with Crippen LogP contribution < -0.4 is 5.73 Å². The SMILES string of the molecule is NC/C(F)=C\Cc1cc(F)cc(CF)c1. The number of hydrogen-bond donors (Lipinski definition) is 1. The Kier molecular flexibility index (Phi) is 4.37. The molecule has 1 aromatic rings. The molecule has 0 aliphatic heterocycles. The molecule has 0 radical (unpaired) electrons. The second kappa shape index (κ2) is 5.56. The molecular formula is C11H12F3N. The molecule has 0 unspecified atom stereocenters. The maximum Gasteiger partial charge on any atom is 0.123 e. The third-order valence-electron chi connectivity index (χ3n) is 1.93. The van der Waals surface area contributed by atoms with E-state index < -0.39 is 18.3 Å². The van der Waals surface area contributed by atoms with Crippen LogP contribution in [0.2, 0.25) is 0 Å². The molecule has 0 atom stereocenters. The third-order valence-corrected chi connectivity index (χ3v) is 1.93. The van der Waals surface area contributed by atoms with E-state index >= 15 is 0 Å². The molecule has 0 fully saturated rings. The van der Waals surface area contributed by atoms with Crippen molar-refractivity contribution in [2.75, 3.05) is 6.54 Å². The van der Waals surface area contributed by atoms with E-state index in [0.29, 0.717) is 5.56 Å². The predicted octanol–water partition coefficient (Wildman–Crippen LogP) is 2.65. The molecule has 0 aliphatic rings. The molecule has 4 heteroatoms. The Balaban J connectivity index is 2.81. The van der Waals surface area contributed by atoms with Crippen molar-refractivity contribution in [2.24, 2.45) is 5.73 Å². The summed E-state index contributed by atoms with van der Waals surface area (Å²) in [4.78, 5) is 0. The minimum Gasteiger partial charge on any atom is -0.325 e. The van der Waals surface area contributed by atoms with Crippen LogP contribution in [-0.2, 0) is 13.1 Å². The monoisotopic (exact) mass is 215 g/mol. The quantitative estimate of drug-likeness (QED) is 0.820. The van der Waals surface area contributed by atoms with E-state index in [2.05, 4.69) is 0 Å². The Morgan fingerprint density at radius 1 is 1.27 bits per heavy atom. The van der Waals surface area contributed by atoms with Gasteiger partial charge in [-0.05, 0) is 35.8 Å². The van der Waals surface area contributed by atoms with Crippen molar-refractivity contribution in [1.29, 1.82) is 0 Å². The lowest BCUT2D eigenvalue weighted by molar-refractivity contribution is 0.482. The summed E-state index contributed by atoms with van der Waals surface area (Å²) < 4.78 is 37.9. The highest BCUT2D eigenvalue weighted by Crippen LogP contribution is 2.12. The standard InChI is InChI=1S/C11H12F3N/c12-6-9-3-8(4-11(14)5-9)1-2-10(13)7-15/h2-5H,1,6-7,15H2/b10-2+. The molecule has 0 spiro atoms. The number of rotatable bonds is 4. The first-order chi connectivity index (χ1) is 7.15. The number of benzene rings is 1. The molecule has 1 rings (SSSR count). The molecule has 0 aromatic heterocycles. The smallest absolute Gasteiger partial charge is 0.123 e. The van der Waals surface area contributed by atoms with Crippen LogP contribution in [0.25, 0.3) is 0 Å². The van der Waals surface area contributed by atoms with E-state index in [4.69, 9.17) is 5.73 Å². The van der Waals surface area contributed by atoms with Gasteiger partial charge in [0, 0.05) is 6.54 Å². The molecule has 2 N–H and O–H groups in total. The van der Waals surface area contributed by atoms with Crippen LogP contribution in [-0.4, -0.2) is 6.54 Å². The van der Waals surface area contributed by atoms with Crippen LogP contribution in [0, 0.1) is 5.82 Å². The third kappa shape index (κ3) is 3.75. The van der Waals surface area contributed by atoms with Gasteiger partial charge >= 0.3 is 0 Å². The average Bonchev–Trinajstić information content (AvgIpc) is 2.25. The second-order valence-electron chi connectivity index (χ2n) is 3.16. The lowest BCUT2D eigenvalue weighted by atomic mass is 10.1. The number of hydrogen-bond acceptors (Lipinski definition) is 1. The summed E-state index contributed by atoms with van der Waals surface area (Å²) in [6.07, 6.45) is 1.48. The Morgan fingerprint density at radius 3 is 2.53 bits per heavy atom. The molecule has 0 saturated heterocycles. The number of nitrogens with two attached hydrogens (primary N) is 1. The number of alkyl halides is 1. The fourth-order valence-corrected chi connectivity index (χ4v) is 1.22. The van der Waals surface area contributed by atoms with Crippen molar-refractivity contribution >= 4 is 0 Å². The van der Waals surface area contributed by atoms with Gasteiger partial charge in [0.1, 0.15) is 18.3 Å². The maximum atomic E-state index is 12.9. The van der Waals surface area contributed by atoms with Crippen molar-refractivity contribution in [3.05, 3.63) is 47.0 Å². The molecule has 0 heterocycles. The van der Waals surface area contributed by atoms with Gasteiger partial charge < -0.3 is 5.73 Å². The van der Waals surface area contributed by atoms with Crippen molar-refractivity contribution in [1.82, 2.24) is 0 Å². The lowest BCUT2D eigenvalue weighted by Gasteiger charge is -2.01. The zero-order valence-corrected chi connectivity index (χ0v) is 8.14. The topological polar surface area (TPSA) is 26.0 Å². The predicted molar refractivity (Wildman–Crippen MR) is 53.2 cm³/mol. The van der Waals surface area contributed by atoms with Crippen molar-refractivity contribution in [2.45, 2.75) is 13.1 Å². The summed E-state index contributed by atoms with van der Waals surface area (Å²) in [5, 5.41) is 0. The van der Waals surface area contributed by atoms with E-state index in [9.17, 15) is 13.2 Å². The molecule has 15 heavy (non-hydrogen) atoms. The van der Waals surface area contributed by atoms with E-state index in [1.54, 1.807) is 0 Å². The van der Waals surface area contributed by atoms with Crippen molar-refractivity contribution in [3.63, 3.8) is 0 Å². The Morgan fingerprint density at radius 2 is 1.93 bits per heavy atom. The van der Waals surface area contributed by atoms with Crippen molar-refractivity contribution in [3.8, 4) is 0 Å². The van der Waals surface area contributed by atoms with E-state index in [0.717, 1.165) is 6.07 Å². The highest BCUT2D eigenvalue weighted by atomic mass is 19.1. The Bertz CT molecular complexity index is 361. The maximum absolute atomic E-state index is 12.9. The first kappa shape index (κ1) is 11.8. The van der Waals surface area contributed by atoms with Gasteiger partial charge in [-0.25, -0.2) is 13.2 Å². The largest absolute Gasteiger partial charge is 0.325 e. The average molecular weight is 215 g/mol. The minimum absolute atomic E-state index is 0.175. The van der Waals surface area contributed by atoms with Crippen LogP contribution in [0.1, 0.15) is 11.1 Å². The van der Waals surface area contributed by atoms with E-state index in [-0.39, 0.29) is 18.5 Å². The van der Waals surface area contributed by atoms with Gasteiger partial charge in [0.25, 0.3) is 0 Å². The first-order valence-corrected chi connectivity index (χ1v) is 4.54. The Hall–Kier alpha value is -1.29. The van der Waals surface area contributed by atoms with Gasteiger partial charge in [0.15, 0.2) is 0 Å². The molecule has 0 bridgehead atoms. The van der Waals surface area contributed by atoms with Gasteiger partial charge in [0.2, 0.25) is 0 Å². The van der Waals surface area contributed by atoms with Gasteiger partial charge in [-0.15, -0.1) is 0 Å². The fourth-order valence-electron chi connectivity index (χ4n) is 1.22. The lowest BCUT2D eigenvalue weighted by Crippen LogP contribution is -1.99.